The zero-order valence-corrected chi connectivity index (χ0v) is 20.4. The van der Waals surface area contributed by atoms with Crippen molar-refractivity contribution >= 4 is 43.8 Å². The lowest BCUT2D eigenvalue weighted by Crippen LogP contribution is -2.39. The van der Waals surface area contributed by atoms with E-state index in [1.165, 1.54) is 6.21 Å². The fourth-order valence-electron chi connectivity index (χ4n) is 3.08. The third-order valence-electron chi connectivity index (χ3n) is 4.68. The minimum atomic E-state index is -3.73. The van der Waals surface area contributed by atoms with E-state index in [-0.39, 0.29) is 6.79 Å². The predicted octanol–water partition coefficient (Wildman–Crippen LogP) is 3.89. The van der Waals surface area contributed by atoms with Gasteiger partial charge in [0.05, 0.1) is 18.2 Å². The molecule has 9 nitrogen and oxygen atoms in total. The minimum Gasteiger partial charge on any atom is -0.457 e. The van der Waals surface area contributed by atoms with Crippen molar-refractivity contribution in [2.75, 3.05) is 23.9 Å². The van der Waals surface area contributed by atoms with Gasteiger partial charge in [0.1, 0.15) is 18.0 Å². The van der Waals surface area contributed by atoms with Gasteiger partial charge in [-0.25, -0.2) is 13.8 Å². The Hall–Kier alpha value is -3.57. The number of ether oxygens (including phenoxy) is 3. The Kier molecular flexibility index (Phi) is 7.03. The molecule has 0 saturated heterocycles. The van der Waals surface area contributed by atoms with Crippen molar-refractivity contribution in [2.45, 2.75) is 0 Å². The van der Waals surface area contributed by atoms with Gasteiger partial charge in [-0.3, -0.25) is 9.10 Å². The number of carbonyl (C=O) groups is 1. The highest BCUT2D eigenvalue weighted by Crippen LogP contribution is 2.36. The Balaban J connectivity index is 1.41. The number of nitrogens with one attached hydrogen (secondary N) is 1. The SMILES string of the molecule is CS(=O)(=O)N(CC(=O)N/N=C\c1cc2c(cc1Br)OCO2)c1ccc(Oc2ccccc2)cc1. The summed E-state index contributed by atoms with van der Waals surface area (Å²) in [6.07, 6.45) is 2.45. The molecule has 1 heterocycles. The minimum absolute atomic E-state index is 0.139. The number of para-hydroxylation sites is 1. The number of hydrogen-bond donors (Lipinski definition) is 1. The molecule has 1 N–H and O–H groups in total. The maximum Gasteiger partial charge on any atom is 0.260 e. The molecule has 3 aromatic rings. The molecule has 0 spiro atoms. The zero-order chi connectivity index (χ0) is 24.1. The summed E-state index contributed by atoms with van der Waals surface area (Å²) in [5.41, 5.74) is 3.32. The van der Waals surface area contributed by atoms with Gasteiger partial charge in [0.15, 0.2) is 11.5 Å². The quantitative estimate of drug-likeness (QED) is 0.340. The Morgan fingerprint density at radius 3 is 2.41 bits per heavy atom. The van der Waals surface area contributed by atoms with Gasteiger partial charge in [0.25, 0.3) is 5.91 Å². The number of anilines is 1. The third-order valence-corrected chi connectivity index (χ3v) is 6.50. The molecule has 0 aliphatic carbocycles. The summed E-state index contributed by atoms with van der Waals surface area (Å²) in [5, 5.41) is 3.93. The standard InChI is InChI=1S/C23H20BrN3O6S/c1-34(29,30)27(17-7-9-19(10-8-17)33-18-5-3-2-4-6-18)14-23(28)26-25-13-16-11-21-22(12-20(16)24)32-15-31-21/h2-13H,14-15H2,1H3,(H,26,28)/b25-13-. The van der Waals surface area contributed by atoms with Gasteiger partial charge in [-0.05, 0) is 64.5 Å². The summed E-state index contributed by atoms with van der Waals surface area (Å²) in [6, 6.07) is 19.0. The predicted molar refractivity (Wildman–Crippen MR) is 131 cm³/mol. The smallest absolute Gasteiger partial charge is 0.260 e. The molecule has 3 aromatic carbocycles. The molecule has 176 valence electrons. The van der Waals surface area contributed by atoms with E-state index >= 15 is 0 Å². The van der Waals surface area contributed by atoms with Crippen LogP contribution in [-0.2, 0) is 14.8 Å². The van der Waals surface area contributed by atoms with Gasteiger partial charge in [0, 0.05) is 10.0 Å². The van der Waals surface area contributed by atoms with Gasteiger partial charge < -0.3 is 14.2 Å². The first kappa shape index (κ1) is 23.6. The van der Waals surface area contributed by atoms with Crippen LogP contribution < -0.4 is 23.9 Å². The van der Waals surface area contributed by atoms with Crippen molar-refractivity contribution in [3.8, 4) is 23.0 Å². The van der Waals surface area contributed by atoms with Gasteiger partial charge in [-0.1, -0.05) is 18.2 Å². The van der Waals surface area contributed by atoms with E-state index in [2.05, 4.69) is 26.5 Å². The number of hydrazone groups is 1. The van der Waals surface area contributed by atoms with Crippen molar-refractivity contribution in [3.05, 3.63) is 76.8 Å². The van der Waals surface area contributed by atoms with Crippen LogP contribution in [0.1, 0.15) is 5.56 Å². The number of carbonyl (C=O) groups excluding carboxylic acids is 1. The number of fused-ring (bicyclic) bond motifs is 1. The largest absolute Gasteiger partial charge is 0.457 e. The first-order valence-electron chi connectivity index (χ1n) is 10.0. The molecule has 0 aromatic heterocycles. The van der Waals surface area contributed by atoms with Crippen LogP contribution in [0.25, 0.3) is 0 Å². The molecule has 1 amide bonds. The summed E-state index contributed by atoms with van der Waals surface area (Å²) in [5.74, 6) is 1.76. The number of hydrogen-bond acceptors (Lipinski definition) is 7. The van der Waals surface area contributed by atoms with Crippen LogP contribution in [0, 0.1) is 0 Å². The Bertz CT molecular complexity index is 1310. The lowest BCUT2D eigenvalue weighted by atomic mass is 10.2. The number of halogens is 1. The third kappa shape index (κ3) is 5.86. The summed E-state index contributed by atoms with van der Waals surface area (Å²) < 4.78 is 42.7. The molecule has 34 heavy (non-hydrogen) atoms. The number of nitrogens with zero attached hydrogens (tertiary/aromatic N) is 2. The molecular formula is C23H20BrN3O6S. The average Bonchev–Trinajstić information content (AvgIpc) is 3.25. The maximum absolute atomic E-state index is 12.4. The molecule has 11 heteroatoms. The van der Waals surface area contributed by atoms with E-state index in [4.69, 9.17) is 14.2 Å². The first-order valence-corrected chi connectivity index (χ1v) is 12.7. The second kappa shape index (κ2) is 10.1. The lowest BCUT2D eigenvalue weighted by molar-refractivity contribution is -0.119. The fourth-order valence-corrected chi connectivity index (χ4v) is 4.36. The van der Waals surface area contributed by atoms with Crippen LogP contribution in [0.4, 0.5) is 5.69 Å². The van der Waals surface area contributed by atoms with Crippen molar-refractivity contribution in [3.63, 3.8) is 0 Å². The highest BCUT2D eigenvalue weighted by atomic mass is 79.9. The number of rotatable bonds is 8. The molecule has 0 radical (unpaired) electrons. The average molecular weight is 546 g/mol. The molecule has 4 rings (SSSR count). The van der Waals surface area contributed by atoms with E-state index in [0.29, 0.717) is 38.7 Å². The Morgan fingerprint density at radius 2 is 1.74 bits per heavy atom. The molecule has 1 aliphatic heterocycles. The van der Waals surface area contributed by atoms with Crippen LogP contribution in [0.5, 0.6) is 23.0 Å². The summed E-state index contributed by atoms with van der Waals surface area (Å²) in [4.78, 5) is 12.4. The summed E-state index contributed by atoms with van der Waals surface area (Å²) in [6.45, 7) is -0.308. The normalized spacial score (nSPS) is 12.5. The van der Waals surface area contributed by atoms with Gasteiger partial charge in [-0.15, -0.1) is 0 Å². The zero-order valence-electron chi connectivity index (χ0n) is 18.0. The molecule has 0 atom stereocenters. The van der Waals surface area contributed by atoms with Gasteiger partial charge in [0.2, 0.25) is 16.8 Å². The summed E-state index contributed by atoms with van der Waals surface area (Å²) in [7, 11) is -3.73. The van der Waals surface area contributed by atoms with Crippen molar-refractivity contribution in [2.24, 2.45) is 5.10 Å². The van der Waals surface area contributed by atoms with E-state index in [0.717, 1.165) is 10.6 Å². The highest BCUT2D eigenvalue weighted by Gasteiger charge is 2.21. The van der Waals surface area contributed by atoms with Crippen molar-refractivity contribution in [1.82, 2.24) is 5.43 Å². The molecule has 0 unspecified atom stereocenters. The lowest BCUT2D eigenvalue weighted by Gasteiger charge is -2.21. The van der Waals surface area contributed by atoms with Crippen LogP contribution >= 0.6 is 15.9 Å². The molecule has 0 fully saturated rings. The van der Waals surface area contributed by atoms with Crippen LogP contribution in [0.2, 0.25) is 0 Å². The second-order valence-electron chi connectivity index (χ2n) is 7.20. The number of sulfonamides is 1. The van der Waals surface area contributed by atoms with E-state index in [1.54, 1.807) is 36.4 Å². The second-order valence-corrected chi connectivity index (χ2v) is 9.96. The van der Waals surface area contributed by atoms with Gasteiger partial charge in [-0.2, -0.15) is 5.10 Å². The monoisotopic (exact) mass is 545 g/mol. The maximum atomic E-state index is 12.4. The highest BCUT2D eigenvalue weighted by molar-refractivity contribution is 9.10. The topological polar surface area (TPSA) is 107 Å². The van der Waals surface area contributed by atoms with E-state index in [9.17, 15) is 13.2 Å². The van der Waals surface area contributed by atoms with Crippen molar-refractivity contribution in [1.29, 1.82) is 0 Å². The molecule has 0 saturated carbocycles. The van der Waals surface area contributed by atoms with Crippen LogP contribution in [0.3, 0.4) is 0 Å². The Morgan fingerprint density at radius 1 is 1.09 bits per heavy atom. The van der Waals surface area contributed by atoms with E-state index in [1.807, 2.05) is 30.3 Å². The first-order chi connectivity index (χ1) is 16.3. The molecular weight excluding hydrogens is 526 g/mol. The van der Waals surface area contributed by atoms with Gasteiger partial charge >= 0.3 is 0 Å². The number of benzene rings is 3. The summed E-state index contributed by atoms with van der Waals surface area (Å²) >= 11 is 3.40. The van der Waals surface area contributed by atoms with Crippen molar-refractivity contribution < 1.29 is 27.4 Å². The number of amides is 1. The molecule has 1 aliphatic rings. The fraction of sp³-hybridized carbons (Fsp3) is 0.130. The van der Waals surface area contributed by atoms with Crippen LogP contribution in [0.15, 0.2) is 76.3 Å². The molecule has 0 bridgehead atoms. The Labute approximate surface area is 205 Å². The van der Waals surface area contributed by atoms with Crippen LogP contribution in [-0.4, -0.2) is 40.1 Å². The van der Waals surface area contributed by atoms with E-state index < -0.39 is 22.5 Å².